The van der Waals surface area contributed by atoms with E-state index in [0.717, 1.165) is 24.6 Å². The summed E-state index contributed by atoms with van der Waals surface area (Å²) in [4.78, 5) is 14.5. The lowest BCUT2D eigenvalue weighted by molar-refractivity contribution is 0.0889. The molecule has 0 saturated heterocycles. The van der Waals surface area contributed by atoms with Crippen molar-refractivity contribution >= 4 is 5.78 Å². The number of benzene rings is 1. The largest absolute Gasteiger partial charge is 0.305 e. The topological polar surface area (TPSA) is 20.3 Å². The molecule has 1 fully saturated rings. The Balaban J connectivity index is 1.83. The standard InChI is InChI=1S/C16H23NO/c1-13(11-17(2)12-14-7-6-8-14)16(18)15-9-4-3-5-10-15/h3-5,9-10,13-14H,6-8,11-12H2,1-2H3. The Kier molecular flexibility index (Phi) is 4.54. The predicted molar refractivity (Wildman–Crippen MR) is 74.8 cm³/mol. The number of nitrogens with zero attached hydrogens (tertiary/aromatic N) is 1. The molecule has 1 aromatic carbocycles. The zero-order valence-electron chi connectivity index (χ0n) is 11.4. The molecule has 1 unspecified atom stereocenters. The second kappa shape index (κ2) is 6.14. The molecule has 1 aliphatic carbocycles. The summed E-state index contributed by atoms with van der Waals surface area (Å²) in [5, 5.41) is 0. The number of carbonyl (C=O) groups excluding carboxylic acids is 1. The van der Waals surface area contributed by atoms with Crippen LogP contribution in [0.2, 0.25) is 0 Å². The van der Waals surface area contributed by atoms with E-state index < -0.39 is 0 Å². The number of rotatable bonds is 6. The van der Waals surface area contributed by atoms with Gasteiger partial charge in [0, 0.05) is 24.6 Å². The van der Waals surface area contributed by atoms with E-state index in [0.29, 0.717) is 0 Å². The highest BCUT2D eigenvalue weighted by Crippen LogP contribution is 2.27. The fourth-order valence-electron chi connectivity index (χ4n) is 2.63. The lowest BCUT2D eigenvalue weighted by atomic mass is 9.85. The fourth-order valence-corrected chi connectivity index (χ4v) is 2.63. The van der Waals surface area contributed by atoms with Crippen LogP contribution in [0.3, 0.4) is 0 Å². The van der Waals surface area contributed by atoms with Crippen LogP contribution in [0.15, 0.2) is 30.3 Å². The van der Waals surface area contributed by atoms with Crippen molar-refractivity contribution in [3.05, 3.63) is 35.9 Å². The van der Waals surface area contributed by atoms with Crippen molar-refractivity contribution in [1.82, 2.24) is 4.90 Å². The van der Waals surface area contributed by atoms with Gasteiger partial charge in [-0.3, -0.25) is 4.79 Å². The average molecular weight is 245 g/mol. The zero-order valence-corrected chi connectivity index (χ0v) is 11.4. The van der Waals surface area contributed by atoms with Gasteiger partial charge in [-0.1, -0.05) is 43.7 Å². The van der Waals surface area contributed by atoms with Gasteiger partial charge in [-0.05, 0) is 25.8 Å². The maximum Gasteiger partial charge on any atom is 0.166 e. The van der Waals surface area contributed by atoms with Gasteiger partial charge in [0.15, 0.2) is 5.78 Å². The van der Waals surface area contributed by atoms with Crippen LogP contribution >= 0.6 is 0 Å². The summed E-state index contributed by atoms with van der Waals surface area (Å²) in [5.74, 6) is 1.21. The van der Waals surface area contributed by atoms with Crippen molar-refractivity contribution < 1.29 is 4.79 Å². The van der Waals surface area contributed by atoms with Crippen LogP contribution in [-0.4, -0.2) is 30.8 Å². The molecule has 2 nitrogen and oxygen atoms in total. The van der Waals surface area contributed by atoms with Gasteiger partial charge >= 0.3 is 0 Å². The number of ketones is 1. The number of hydrogen-bond acceptors (Lipinski definition) is 2. The minimum atomic E-state index is 0.0810. The normalized spacial score (nSPS) is 17.5. The average Bonchev–Trinajstić information content (AvgIpc) is 2.34. The van der Waals surface area contributed by atoms with Gasteiger partial charge in [0.05, 0.1) is 0 Å². The van der Waals surface area contributed by atoms with Crippen LogP contribution in [0.4, 0.5) is 0 Å². The lowest BCUT2D eigenvalue weighted by Gasteiger charge is -2.31. The third-order valence-corrected chi connectivity index (χ3v) is 3.89. The number of carbonyl (C=O) groups is 1. The molecular formula is C16H23NO. The third kappa shape index (κ3) is 3.42. The van der Waals surface area contributed by atoms with Crippen LogP contribution in [-0.2, 0) is 0 Å². The van der Waals surface area contributed by atoms with E-state index in [1.807, 2.05) is 37.3 Å². The van der Waals surface area contributed by atoms with Crippen LogP contribution < -0.4 is 0 Å². The first-order chi connectivity index (χ1) is 8.66. The van der Waals surface area contributed by atoms with Crippen LogP contribution in [0.1, 0.15) is 36.5 Å². The summed E-state index contributed by atoms with van der Waals surface area (Å²) in [6.45, 7) is 4.04. The fraction of sp³-hybridized carbons (Fsp3) is 0.562. The smallest absolute Gasteiger partial charge is 0.166 e. The molecule has 2 heteroatoms. The first-order valence-electron chi connectivity index (χ1n) is 6.94. The summed E-state index contributed by atoms with van der Waals surface area (Å²) >= 11 is 0. The van der Waals surface area contributed by atoms with Crippen LogP contribution in [0, 0.1) is 11.8 Å². The molecule has 1 aliphatic rings. The quantitative estimate of drug-likeness (QED) is 0.717. The SMILES string of the molecule is CC(CN(C)CC1CCC1)C(=O)c1ccccc1. The van der Waals surface area contributed by atoms with Gasteiger partial charge in [0.1, 0.15) is 0 Å². The Morgan fingerprint density at radius 2 is 2.00 bits per heavy atom. The van der Waals surface area contributed by atoms with Gasteiger partial charge in [-0.15, -0.1) is 0 Å². The maximum atomic E-state index is 12.2. The number of hydrogen-bond donors (Lipinski definition) is 0. The van der Waals surface area contributed by atoms with Crippen molar-refractivity contribution in [1.29, 1.82) is 0 Å². The van der Waals surface area contributed by atoms with Crippen LogP contribution in [0.25, 0.3) is 0 Å². The molecule has 1 saturated carbocycles. The molecule has 0 N–H and O–H groups in total. The Labute approximate surface area is 110 Å². The van der Waals surface area contributed by atoms with Gasteiger partial charge < -0.3 is 4.90 Å². The molecule has 1 atom stereocenters. The molecule has 0 aliphatic heterocycles. The summed E-state index contributed by atoms with van der Waals surface area (Å²) in [6, 6.07) is 9.62. The van der Waals surface area contributed by atoms with Gasteiger partial charge in [-0.2, -0.15) is 0 Å². The highest BCUT2D eigenvalue weighted by Gasteiger charge is 2.22. The highest BCUT2D eigenvalue weighted by molar-refractivity contribution is 5.97. The van der Waals surface area contributed by atoms with Gasteiger partial charge in [-0.25, -0.2) is 0 Å². The monoisotopic (exact) mass is 245 g/mol. The molecule has 0 heterocycles. The molecule has 0 bridgehead atoms. The first-order valence-corrected chi connectivity index (χ1v) is 6.94. The van der Waals surface area contributed by atoms with Crippen molar-refractivity contribution in [3.8, 4) is 0 Å². The van der Waals surface area contributed by atoms with E-state index in [4.69, 9.17) is 0 Å². The summed E-state index contributed by atoms with van der Waals surface area (Å²) in [5.41, 5.74) is 0.835. The molecule has 2 rings (SSSR count). The molecule has 98 valence electrons. The van der Waals surface area contributed by atoms with Gasteiger partial charge in [0.2, 0.25) is 0 Å². The Bertz CT molecular complexity index is 383. The molecule has 0 amide bonds. The van der Waals surface area contributed by atoms with Crippen molar-refractivity contribution in [3.63, 3.8) is 0 Å². The van der Waals surface area contributed by atoms with E-state index in [1.165, 1.54) is 19.3 Å². The van der Waals surface area contributed by atoms with E-state index in [-0.39, 0.29) is 11.7 Å². The molecule has 0 radical (unpaired) electrons. The van der Waals surface area contributed by atoms with Crippen molar-refractivity contribution in [2.45, 2.75) is 26.2 Å². The predicted octanol–water partition coefficient (Wildman–Crippen LogP) is 3.24. The Morgan fingerprint density at radius 1 is 1.33 bits per heavy atom. The molecule has 0 aromatic heterocycles. The zero-order chi connectivity index (χ0) is 13.0. The van der Waals surface area contributed by atoms with E-state index in [9.17, 15) is 4.79 Å². The number of Topliss-reactive ketones (excluding diaryl/α,β-unsaturated/α-hetero) is 1. The minimum Gasteiger partial charge on any atom is -0.305 e. The Morgan fingerprint density at radius 3 is 2.56 bits per heavy atom. The summed E-state index contributed by atoms with van der Waals surface area (Å²) < 4.78 is 0. The lowest BCUT2D eigenvalue weighted by Crippen LogP contribution is -2.34. The van der Waals surface area contributed by atoms with E-state index >= 15 is 0 Å². The molecule has 0 spiro atoms. The van der Waals surface area contributed by atoms with Crippen molar-refractivity contribution in [2.75, 3.05) is 20.1 Å². The second-order valence-electron chi connectivity index (χ2n) is 5.65. The first kappa shape index (κ1) is 13.3. The Hall–Kier alpha value is -1.15. The summed E-state index contributed by atoms with van der Waals surface area (Å²) in [6.07, 6.45) is 4.12. The minimum absolute atomic E-state index is 0.0810. The molecular weight excluding hydrogens is 222 g/mol. The highest BCUT2D eigenvalue weighted by atomic mass is 16.1. The van der Waals surface area contributed by atoms with Gasteiger partial charge in [0.25, 0.3) is 0 Å². The van der Waals surface area contributed by atoms with Crippen LogP contribution in [0.5, 0.6) is 0 Å². The van der Waals surface area contributed by atoms with E-state index in [1.54, 1.807) is 0 Å². The second-order valence-corrected chi connectivity index (χ2v) is 5.65. The summed E-state index contributed by atoms with van der Waals surface area (Å²) in [7, 11) is 2.13. The third-order valence-electron chi connectivity index (χ3n) is 3.89. The van der Waals surface area contributed by atoms with Crippen molar-refractivity contribution in [2.24, 2.45) is 11.8 Å². The molecule has 1 aromatic rings. The van der Waals surface area contributed by atoms with E-state index in [2.05, 4.69) is 11.9 Å². The molecule has 18 heavy (non-hydrogen) atoms. The maximum absolute atomic E-state index is 12.2.